The summed E-state index contributed by atoms with van der Waals surface area (Å²) in [6.07, 6.45) is 2.09. The summed E-state index contributed by atoms with van der Waals surface area (Å²) in [5.74, 6) is -0.765. The summed E-state index contributed by atoms with van der Waals surface area (Å²) in [4.78, 5) is 29.1. The van der Waals surface area contributed by atoms with E-state index in [0.29, 0.717) is 22.8 Å². The third-order valence-electron chi connectivity index (χ3n) is 6.36. The van der Waals surface area contributed by atoms with Gasteiger partial charge in [0.15, 0.2) is 0 Å². The summed E-state index contributed by atoms with van der Waals surface area (Å²) >= 11 is 6.10. The van der Waals surface area contributed by atoms with Crippen LogP contribution in [-0.4, -0.2) is 50.5 Å². The molecule has 0 aliphatic rings. The quantitative estimate of drug-likeness (QED) is 0.336. The van der Waals surface area contributed by atoms with Gasteiger partial charge in [-0.15, -0.1) is 0 Å². The van der Waals surface area contributed by atoms with Crippen molar-refractivity contribution < 1.29 is 18.0 Å². The lowest BCUT2D eigenvalue weighted by Gasteiger charge is -2.34. The molecule has 1 N–H and O–H groups in total. The molecule has 0 saturated carbocycles. The third-order valence-corrected chi connectivity index (χ3v) is 7.72. The average Bonchev–Trinajstić information content (AvgIpc) is 2.88. The Balaban J connectivity index is 2.06. The normalized spacial score (nSPS) is 12.0. The highest BCUT2D eigenvalue weighted by atomic mass is 35.5. The molecule has 0 unspecified atom stereocenters. The topological polar surface area (TPSA) is 86.8 Å². The van der Waals surface area contributed by atoms with Crippen LogP contribution in [0.3, 0.4) is 0 Å². The van der Waals surface area contributed by atoms with E-state index in [1.54, 1.807) is 25.1 Å². The molecule has 0 aromatic heterocycles. The number of benzene rings is 3. The molecule has 0 aliphatic heterocycles. The summed E-state index contributed by atoms with van der Waals surface area (Å²) in [7, 11) is -3.84. The van der Waals surface area contributed by atoms with Crippen molar-refractivity contribution >= 4 is 39.1 Å². The van der Waals surface area contributed by atoms with Gasteiger partial charge in [-0.25, -0.2) is 8.42 Å². The highest BCUT2D eigenvalue weighted by Crippen LogP contribution is 2.26. The van der Waals surface area contributed by atoms with E-state index in [2.05, 4.69) is 5.32 Å². The van der Waals surface area contributed by atoms with Gasteiger partial charge in [0.05, 0.1) is 11.9 Å². The summed E-state index contributed by atoms with van der Waals surface area (Å²) in [5, 5.41) is 3.40. The molecular formula is C30H36ClN3O4S. The molecule has 0 fully saturated rings. The predicted molar refractivity (Wildman–Crippen MR) is 157 cm³/mol. The number of halogens is 1. The molecule has 9 heteroatoms. The van der Waals surface area contributed by atoms with Gasteiger partial charge in [-0.05, 0) is 55.2 Å². The van der Waals surface area contributed by atoms with Gasteiger partial charge < -0.3 is 10.2 Å². The molecule has 3 aromatic carbocycles. The first-order valence-electron chi connectivity index (χ1n) is 12.9. The van der Waals surface area contributed by atoms with Gasteiger partial charge in [-0.2, -0.15) is 0 Å². The number of nitrogens with one attached hydrogen (secondary N) is 1. The standard InChI is InChI=1S/C30H36ClN3O4S/c1-5-16-32-30(36)28(19-24-11-7-6-8-12-24)33(20-25-13-9-10-22(2)17-25)29(35)21-34(39(4,37)38)27-15-14-26(31)18-23(27)3/h6-15,17-18,28H,5,16,19-21H2,1-4H3,(H,32,36)/t28-/m1/s1. The van der Waals surface area contributed by atoms with Crippen molar-refractivity contribution in [2.75, 3.05) is 23.7 Å². The number of hydrogen-bond acceptors (Lipinski definition) is 4. The first-order valence-corrected chi connectivity index (χ1v) is 15.1. The number of aryl methyl sites for hydroxylation is 2. The Morgan fingerprint density at radius 2 is 1.64 bits per heavy atom. The Morgan fingerprint density at radius 1 is 0.949 bits per heavy atom. The number of rotatable bonds is 12. The van der Waals surface area contributed by atoms with Crippen molar-refractivity contribution in [1.82, 2.24) is 10.2 Å². The number of nitrogens with zero attached hydrogens (tertiary/aromatic N) is 2. The van der Waals surface area contributed by atoms with E-state index in [1.807, 2.05) is 68.4 Å². The fourth-order valence-electron chi connectivity index (χ4n) is 4.42. The van der Waals surface area contributed by atoms with Crippen LogP contribution >= 0.6 is 11.6 Å². The fourth-order valence-corrected chi connectivity index (χ4v) is 5.55. The number of hydrogen-bond donors (Lipinski definition) is 1. The van der Waals surface area contributed by atoms with Crippen LogP contribution in [0.15, 0.2) is 72.8 Å². The van der Waals surface area contributed by atoms with Crippen molar-refractivity contribution in [2.24, 2.45) is 0 Å². The predicted octanol–water partition coefficient (Wildman–Crippen LogP) is 4.89. The van der Waals surface area contributed by atoms with Crippen LogP contribution in [0.4, 0.5) is 5.69 Å². The maximum Gasteiger partial charge on any atom is 0.244 e. The summed E-state index contributed by atoms with van der Waals surface area (Å²) < 4.78 is 26.9. The van der Waals surface area contributed by atoms with Gasteiger partial charge >= 0.3 is 0 Å². The van der Waals surface area contributed by atoms with Gasteiger partial charge in [0.1, 0.15) is 12.6 Å². The second kappa shape index (κ2) is 13.6. The molecule has 2 amide bonds. The Hall–Kier alpha value is -3.36. The molecule has 0 heterocycles. The van der Waals surface area contributed by atoms with Gasteiger partial charge in [-0.3, -0.25) is 13.9 Å². The molecule has 0 saturated heterocycles. The van der Waals surface area contributed by atoms with Crippen LogP contribution in [0.25, 0.3) is 0 Å². The van der Waals surface area contributed by atoms with Crippen LogP contribution in [0.2, 0.25) is 5.02 Å². The van der Waals surface area contributed by atoms with Crippen LogP contribution in [-0.2, 0) is 32.6 Å². The molecule has 0 radical (unpaired) electrons. The largest absolute Gasteiger partial charge is 0.354 e. The minimum Gasteiger partial charge on any atom is -0.354 e. The maximum atomic E-state index is 14.1. The molecule has 7 nitrogen and oxygen atoms in total. The first kappa shape index (κ1) is 30.2. The van der Waals surface area contributed by atoms with Crippen LogP contribution in [0.5, 0.6) is 0 Å². The van der Waals surface area contributed by atoms with Crippen molar-refractivity contribution in [2.45, 2.75) is 46.2 Å². The van der Waals surface area contributed by atoms with Gasteiger partial charge in [0, 0.05) is 24.5 Å². The Labute approximate surface area is 236 Å². The zero-order valence-corrected chi connectivity index (χ0v) is 24.4. The van der Waals surface area contributed by atoms with E-state index < -0.39 is 28.5 Å². The number of carbonyl (C=O) groups excluding carboxylic acids is 2. The van der Waals surface area contributed by atoms with Crippen LogP contribution < -0.4 is 9.62 Å². The lowest BCUT2D eigenvalue weighted by molar-refractivity contribution is -0.140. The average molecular weight is 570 g/mol. The van der Waals surface area contributed by atoms with E-state index in [1.165, 1.54) is 4.90 Å². The van der Waals surface area contributed by atoms with Gasteiger partial charge in [-0.1, -0.05) is 78.7 Å². The highest BCUT2D eigenvalue weighted by molar-refractivity contribution is 7.92. The van der Waals surface area contributed by atoms with Crippen molar-refractivity contribution in [1.29, 1.82) is 0 Å². The van der Waals surface area contributed by atoms with Crippen molar-refractivity contribution in [3.05, 3.63) is 100 Å². The molecule has 208 valence electrons. The molecular weight excluding hydrogens is 534 g/mol. The van der Waals surface area contributed by atoms with Gasteiger partial charge in [0.2, 0.25) is 21.8 Å². The second-order valence-corrected chi connectivity index (χ2v) is 12.1. The van der Waals surface area contributed by atoms with Crippen LogP contribution in [0.1, 0.15) is 35.6 Å². The zero-order chi connectivity index (χ0) is 28.6. The minimum atomic E-state index is -3.84. The van der Waals surface area contributed by atoms with E-state index in [9.17, 15) is 18.0 Å². The molecule has 1 atom stereocenters. The SMILES string of the molecule is CCCNC(=O)[C@@H](Cc1ccccc1)N(Cc1cccc(C)c1)C(=O)CN(c1ccc(Cl)cc1C)S(C)(=O)=O. The van der Waals surface area contributed by atoms with E-state index in [-0.39, 0.29) is 18.9 Å². The maximum absolute atomic E-state index is 14.1. The summed E-state index contributed by atoms with van der Waals surface area (Å²) in [6.45, 7) is 5.81. The first-order chi connectivity index (χ1) is 18.5. The van der Waals surface area contributed by atoms with Gasteiger partial charge in [0.25, 0.3) is 0 Å². The Morgan fingerprint density at radius 3 is 2.26 bits per heavy atom. The monoisotopic (exact) mass is 569 g/mol. The Kier molecular flexibility index (Phi) is 10.5. The highest BCUT2D eigenvalue weighted by Gasteiger charge is 2.33. The van der Waals surface area contributed by atoms with Crippen molar-refractivity contribution in [3.63, 3.8) is 0 Å². The second-order valence-electron chi connectivity index (χ2n) is 9.71. The number of sulfonamides is 1. The fraction of sp³-hybridized carbons (Fsp3) is 0.333. The minimum absolute atomic E-state index is 0.148. The van der Waals surface area contributed by atoms with Crippen molar-refractivity contribution in [3.8, 4) is 0 Å². The van der Waals surface area contributed by atoms with Crippen LogP contribution in [0, 0.1) is 13.8 Å². The zero-order valence-electron chi connectivity index (χ0n) is 22.9. The lowest BCUT2D eigenvalue weighted by atomic mass is 10.0. The van der Waals surface area contributed by atoms with E-state index in [0.717, 1.165) is 33.7 Å². The molecule has 3 rings (SSSR count). The molecule has 0 bridgehead atoms. The summed E-state index contributed by atoms with van der Waals surface area (Å²) in [5.41, 5.74) is 3.74. The van der Waals surface area contributed by atoms with E-state index >= 15 is 0 Å². The van der Waals surface area contributed by atoms with E-state index in [4.69, 9.17) is 11.6 Å². The Bertz CT molecular complexity index is 1400. The molecule has 0 spiro atoms. The molecule has 39 heavy (non-hydrogen) atoms. The number of anilines is 1. The number of carbonyl (C=O) groups is 2. The molecule has 0 aliphatic carbocycles. The smallest absolute Gasteiger partial charge is 0.244 e. The number of amides is 2. The lowest BCUT2D eigenvalue weighted by Crippen LogP contribution is -2.53. The summed E-state index contributed by atoms with van der Waals surface area (Å²) in [6, 6.07) is 21.2. The molecule has 3 aromatic rings. The third kappa shape index (κ3) is 8.57.